The van der Waals surface area contributed by atoms with Gasteiger partial charge in [-0.05, 0) is 43.3 Å². The smallest absolute Gasteiger partial charge is 0.269 e. The van der Waals surface area contributed by atoms with Crippen LogP contribution in [0.4, 0.5) is 10.3 Å². The van der Waals surface area contributed by atoms with E-state index in [-0.39, 0.29) is 17.1 Å². The first-order valence-electron chi connectivity index (χ1n) is 7.41. The van der Waals surface area contributed by atoms with Gasteiger partial charge in [-0.25, -0.2) is 9.37 Å². The number of para-hydroxylation sites is 1. The predicted octanol–water partition coefficient (Wildman–Crippen LogP) is 2.31. The van der Waals surface area contributed by atoms with Crippen LogP contribution >= 0.6 is 0 Å². The van der Waals surface area contributed by atoms with Gasteiger partial charge in [-0.3, -0.25) is 25.0 Å². The molecule has 0 aliphatic heterocycles. The highest BCUT2D eigenvalue weighted by atomic mass is 19.1. The Morgan fingerprint density at radius 2 is 1.88 bits per heavy atom. The molecule has 0 aliphatic rings. The number of carbonyl (C=O) groups is 1. The van der Waals surface area contributed by atoms with Crippen molar-refractivity contribution in [1.82, 2.24) is 15.0 Å². The maximum atomic E-state index is 12.9. The average Bonchev–Trinajstić information content (AvgIpc) is 2.60. The Labute approximate surface area is 136 Å². The minimum atomic E-state index is -0.458. The highest BCUT2D eigenvalue weighted by Gasteiger charge is 2.11. The fourth-order valence-electron chi connectivity index (χ4n) is 2.34. The minimum Gasteiger partial charge on any atom is -0.277 e. The maximum Gasteiger partial charge on any atom is 0.269 e. The lowest BCUT2D eigenvalue weighted by atomic mass is 10.2. The van der Waals surface area contributed by atoms with Gasteiger partial charge in [-0.15, -0.1) is 0 Å². The number of halogens is 1. The van der Waals surface area contributed by atoms with Crippen LogP contribution in [0.15, 0.2) is 53.3 Å². The summed E-state index contributed by atoms with van der Waals surface area (Å²) in [6.45, 7) is 2.20. The molecule has 1 aromatic heterocycles. The van der Waals surface area contributed by atoms with Gasteiger partial charge >= 0.3 is 0 Å². The van der Waals surface area contributed by atoms with E-state index < -0.39 is 11.7 Å². The second-order valence-corrected chi connectivity index (χ2v) is 5.09. The normalized spacial score (nSPS) is 10.6. The third kappa shape index (κ3) is 2.96. The Morgan fingerprint density at radius 3 is 2.58 bits per heavy atom. The van der Waals surface area contributed by atoms with E-state index in [4.69, 9.17) is 0 Å². The number of anilines is 1. The van der Waals surface area contributed by atoms with Crippen molar-refractivity contribution in [2.24, 2.45) is 0 Å². The van der Waals surface area contributed by atoms with Crippen LogP contribution in [0, 0.1) is 5.82 Å². The molecule has 24 heavy (non-hydrogen) atoms. The summed E-state index contributed by atoms with van der Waals surface area (Å²) < 4.78 is 14.3. The van der Waals surface area contributed by atoms with E-state index in [2.05, 4.69) is 15.8 Å². The molecule has 0 radical (unpaired) electrons. The molecule has 0 aliphatic carbocycles. The largest absolute Gasteiger partial charge is 0.277 e. The van der Waals surface area contributed by atoms with E-state index in [1.54, 1.807) is 24.3 Å². The number of benzene rings is 2. The number of hydrogen-bond acceptors (Lipinski definition) is 4. The molecule has 2 N–H and O–H groups in total. The highest BCUT2D eigenvalue weighted by molar-refractivity contribution is 5.94. The Morgan fingerprint density at radius 1 is 1.17 bits per heavy atom. The van der Waals surface area contributed by atoms with E-state index in [0.717, 1.165) is 0 Å². The van der Waals surface area contributed by atoms with Gasteiger partial charge in [0.05, 0.1) is 10.9 Å². The summed E-state index contributed by atoms with van der Waals surface area (Å²) in [4.78, 5) is 28.9. The van der Waals surface area contributed by atoms with Crippen LogP contribution in [-0.4, -0.2) is 15.5 Å². The van der Waals surface area contributed by atoms with Crippen molar-refractivity contribution in [2.75, 3.05) is 5.43 Å². The Hall–Kier alpha value is -3.22. The molecule has 2 aromatic carbocycles. The van der Waals surface area contributed by atoms with E-state index in [1.165, 1.54) is 28.8 Å². The summed E-state index contributed by atoms with van der Waals surface area (Å²) in [5, 5.41) is 0.509. The predicted molar refractivity (Wildman–Crippen MR) is 89.2 cm³/mol. The second-order valence-electron chi connectivity index (χ2n) is 5.09. The van der Waals surface area contributed by atoms with E-state index in [0.29, 0.717) is 17.4 Å². The second kappa shape index (κ2) is 6.49. The Bertz CT molecular complexity index is 951. The van der Waals surface area contributed by atoms with Crippen LogP contribution in [0.1, 0.15) is 17.3 Å². The summed E-state index contributed by atoms with van der Waals surface area (Å²) in [5.74, 6) is -0.646. The first-order valence-corrected chi connectivity index (χ1v) is 7.41. The summed E-state index contributed by atoms with van der Waals surface area (Å²) >= 11 is 0. The monoisotopic (exact) mass is 326 g/mol. The molecule has 0 unspecified atom stereocenters. The van der Waals surface area contributed by atoms with Gasteiger partial charge in [0.2, 0.25) is 5.95 Å². The van der Waals surface area contributed by atoms with Gasteiger partial charge in [0.15, 0.2) is 0 Å². The van der Waals surface area contributed by atoms with Crippen molar-refractivity contribution in [2.45, 2.75) is 13.5 Å². The molecule has 0 bridgehead atoms. The molecular formula is C17H15FN4O2. The summed E-state index contributed by atoms with van der Waals surface area (Å²) in [6, 6.07) is 12.1. The Balaban J connectivity index is 1.88. The number of hydrazine groups is 1. The van der Waals surface area contributed by atoms with Crippen LogP contribution in [0.2, 0.25) is 0 Å². The summed E-state index contributed by atoms with van der Waals surface area (Å²) in [6.07, 6.45) is 0. The number of fused-ring (bicyclic) bond motifs is 1. The zero-order valence-corrected chi connectivity index (χ0v) is 12.9. The molecule has 0 atom stereocenters. The third-order valence-electron chi connectivity index (χ3n) is 3.57. The zero-order valence-electron chi connectivity index (χ0n) is 12.9. The van der Waals surface area contributed by atoms with Crippen molar-refractivity contribution in [3.05, 3.63) is 70.3 Å². The number of amides is 1. The molecule has 1 heterocycles. The lowest BCUT2D eigenvalue weighted by molar-refractivity contribution is 0.0962. The molecular weight excluding hydrogens is 311 g/mol. The van der Waals surface area contributed by atoms with Gasteiger partial charge in [-0.1, -0.05) is 12.1 Å². The zero-order chi connectivity index (χ0) is 17.1. The molecule has 0 fully saturated rings. The van der Waals surface area contributed by atoms with Crippen molar-refractivity contribution in [1.29, 1.82) is 0 Å². The first-order chi connectivity index (χ1) is 11.6. The lowest BCUT2D eigenvalue weighted by Gasteiger charge is -2.14. The molecule has 7 heteroatoms. The number of rotatable bonds is 4. The van der Waals surface area contributed by atoms with Crippen LogP contribution in [0.25, 0.3) is 10.9 Å². The van der Waals surface area contributed by atoms with Crippen molar-refractivity contribution >= 4 is 22.8 Å². The highest BCUT2D eigenvalue weighted by Crippen LogP contribution is 2.10. The van der Waals surface area contributed by atoms with E-state index in [9.17, 15) is 14.0 Å². The van der Waals surface area contributed by atoms with Crippen molar-refractivity contribution in [3.63, 3.8) is 0 Å². The van der Waals surface area contributed by atoms with Gasteiger partial charge in [0.25, 0.3) is 11.5 Å². The van der Waals surface area contributed by atoms with E-state index in [1.807, 2.05) is 6.92 Å². The quantitative estimate of drug-likeness (QED) is 0.722. The van der Waals surface area contributed by atoms with Crippen molar-refractivity contribution in [3.8, 4) is 0 Å². The van der Waals surface area contributed by atoms with Crippen molar-refractivity contribution < 1.29 is 9.18 Å². The minimum absolute atomic E-state index is 0.193. The van der Waals surface area contributed by atoms with Gasteiger partial charge < -0.3 is 0 Å². The summed E-state index contributed by atoms with van der Waals surface area (Å²) in [7, 11) is 0. The van der Waals surface area contributed by atoms with Crippen LogP contribution in [0.5, 0.6) is 0 Å². The van der Waals surface area contributed by atoms with Crippen LogP contribution < -0.4 is 16.4 Å². The molecule has 1 amide bonds. The number of nitrogens with zero attached hydrogens (tertiary/aromatic N) is 2. The SMILES string of the molecule is CCn1c(NNC(=O)c2ccc(F)cc2)nc2ccccc2c1=O. The summed E-state index contributed by atoms with van der Waals surface area (Å²) in [5.41, 5.74) is 5.76. The average molecular weight is 326 g/mol. The van der Waals surface area contributed by atoms with Gasteiger partial charge in [0.1, 0.15) is 5.82 Å². The Kier molecular flexibility index (Phi) is 4.24. The first kappa shape index (κ1) is 15.7. The maximum absolute atomic E-state index is 12.9. The number of hydrogen-bond donors (Lipinski definition) is 2. The number of nitrogens with one attached hydrogen (secondary N) is 2. The fourth-order valence-corrected chi connectivity index (χ4v) is 2.34. The number of carbonyl (C=O) groups excluding carboxylic acids is 1. The molecule has 3 aromatic rings. The third-order valence-corrected chi connectivity index (χ3v) is 3.57. The lowest BCUT2D eigenvalue weighted by Crippen LogP contribution is -2.34. The van der Waals surface area contributed by atoms with Gasteiger partial charge in [-0.2, -0.15) is 0 Å². The molecule has 0 saturated heterocycles. The fraction of sp³-hybridized carbons (Fsp3) is 0.118. The molecule has 3 rings (SSSR count). The molecule has 0 spiro atoms. The molecule has 122 valence electrons. The van der Waals surface area contributed by atoms with Crippen LogP contribution in [-0.2, 0) is 6.54 Å². The van der Waals surface area contributed by atoms with E-state index >= 15 is 0 Å². The van der Waals surface area contributed by atoms with Crippen LogP contribution in [0.3, 0.4) is 0 Å². The molecule has 6 nitrogen and oxygen atoms in total. The topological polar surface area (TPSA) is 76.0 Å². The van der Waals surface area contributed by atoms with Gasteiger partial charge in [0, 0.05) is 12.1 Å². The molecule has 0 saturated carbocycles. The standard InChI is InChI=1S/C17H15FN4O2/c1-2-22-16(24)13-5-3-4-6-14(13)19-17(22)21-20-15(23)11-7-9-12(18)10-8-11/h3-10H,2H2,1H3,(H,19,21)(H,20,23). The number of aromatic nitrogens is 2.